The fraction of sp³-hybridized carbons (Fsp3) is 0.941. The number of hydrogen-bond acceptors (Lipinski definition) is 2. The number of carboxylic acid groups (broad SMARTS) is 1. The average molecular weight is 284 g/mol. The summed E-state index contributed by atoms with van der Waals surface area (Å²) in [7, 11) is 0. The number of hydrogen-bond donors (Lipinski definition) is 1. The van der Waals surface area contributed by atoms with Gasteiger partial charge in [0.1, 0.15) is 0 Å². The zero-order valence-corrected chi connectivity index (χ0v) is 13.1. The highest BCUT2D eigenvalue weighted by atomic mass is 16.5. The van der Waals surface area contributed by atoms with Gasteiger partial charge in [0.05, 0.1) is 12.0 Å². The van der Waals surface area contributed by atoms with Gasteiger partial charge in [0.2, 0.25) is 0 Å². The molecule has 0 radical (unpaired) electrons. The zero-order chi connectivity index (χ0) is 14.6. The molecule has 3 nitrogen and oxygen atoms in total. The summed E-state index contributed by atoms with van der Waals surface area (Å²) < 4.78 is 5.92. The van der Waals surface area contributed by atoms with Crippen molar-refractivity contribution in [1.29, 1.82) is 0 Å². The Morgan fingerprint density at radius 2 is 1.65 bits per heavy atom. The van der Waals surface area contributed by atoms with E-state index in [0.717, 1.165) is 38.7 Å². The molecule has 0 aromatic carbocycles. The van der Waals surface area contributed by atoms with Crippen LogP contribution >= 0.6 is 0 Å². The monoisotopic (exact) mass is 284 g/mol. The Bertz CT molecular complexity index is 253. The normalized spacial score (nSPS) is 24.1. The van der Waals surface area contributed by atoms with Gasteiger partial charge in [0.15, 0.2) is 0 Å². The zero-order valence-electron chi connectivity index (χ0n) is 13.1. The summed E-state index contributed by atoms with van der Waals surface area (Å²) in [6.07, 6.45) is 13.7. The van der Waals surface area contributed by atoms with Gasteiger partial charge >= 0.3 is 5.97 Å². The molecule has 1 aliphatic carbocycles. The predicted molar refractivity (Wildman–Crippen MR) is 81.9 cm³/mol. The van der Waals surface area contributed by atoms with Crippen molar-refractivity contribution in [1.82, 2.24) is 0 Å². The van der Waals surface area contributed by atoms with Gasteiger partial charge in [-0.15, -0.1) is 0 Å². The Labute approximate surface area is 124 Å². The molecule has 20 heavy (non-hydrogen) atoms. The van der Waals surface area contributed by atoms with Crippen molar-refractivity contribution in [2.24, 2.45) is 5.92 Å². The summed E-state index contributed by atoms with van der Waals surface area (Å²) in [4.78, 5) is 11.4. The third-order valence-electron chi connectivity index (χ3n) is 4.35. The minimum atomic E-state index is -0.667. The molecule has 0 saturated heterocycles. The molecular formula is C17H32O3. The molecule has 1 fully saturated rings. The molecule has 2 atom stereocenters. The lowest BCUT2D eigenvalue weighted by Crippen LogP contribution is -2.32. The van der Waals surface area contributed by atoms with Crippen LogP contribution in [0.3, 0.4) is 0 Å². The van der Waals surface area contributed by atoms with Gasteiger partial charge < -0.3 is 9.84 Å². The number of carbonyl (C=O) groups is 1. The molecule has 1 rings (SSSR count). The fourth-order valence-electron chi connectivity index (χ4n) is 3.05. The third-order valence-corrected chi connectivity index (χ3v) is 4.35. The average Bonchev–Trinajstić information content (AvgIpc) is 2.39. The largest absolute Gasteiger partial charge is 0.481 e. The molecule has 0 bridgehead atoms. The standard InChI is InChI=1S/C17H32O3/c1-2-3-4-5-8-11-14-20-16-13-10-7-6-9-12-15(16)17(18)19/h15-16H,2-14H2,1H3,(H,18,19). The second-order valence-electron chi connectivity index (χ2n) is 6.11. The van der Waals surface area contributed by atoms with E-state index in [2.05, 4.69) is 6.92 Å². The first-order valence-corrected chi connectivity index (χ1v) is 8.60. The maximum Gasteiger partial charge on any atom is 0.309 e. The van der Waals surface area contributed by atoms with Crippen LogP contribution in [0.15, 0.2) is 0 Å². The van der Waals surface area contributed by atoms with Crippen molar-refractivity contribution in [3.8, 4) is 0 Å². The third kappa shape index (κ3) is 7.28. The van der Waals surface area contributed by atoms with E-state index in [1.165, 1.54) is 44.9 Å². The lowest BCUT2D eigenvalue weighted by molar-refractivity contribution is -0.148. The Morgan fingerprint density at radius 1 is 1.00 bits per heavy atom. The molecular weight excluding hydrogens is 252 g/mol. The minimum absolute atomic E-state index is 0.0524. The van der Waals surface area contributed by atoms with Crippen molar-refractivity contribution in [3.05, 3.63) is 0 Å². The Hall–Kier alpha value is -0.570. The predicted octanol–water partition coefficient (Wildman–Crippen LogP) is 4.79. The summed E-state index contributed by atoms with van der Waals surface area (Å²) >= 11 is 0. The second kappa shape index (κ2) is 11.1. The summed E-state index contributed by atoms with van der Waals surface area (Å²) in [5, 5.41) is 9.35. The van der Waals surface area contributed by atoms with Crippen LogP contribution in [0.25, 0.3) is 0 Å². The number of unbranched alkanes of at least 4 members (excludes halogenated alkanes) is 5. The van der Waals surface area contributed by atoms with Gasteiger partial charge in [0, 0.05) is 6.61 Å². The maximum atomic E-state index is 11.4. The van der Waals surface area contributed by atoms with Crippen molar-refractivity contribution < 1.29 is 14.6 Å². The number of ether oxygens (including phenoxy) is 1. The molecule has 0 aliphatic heterocycles. The van der Waals surface area contributed by atoms with Gasteiger partial charge in [-0.2, -0.15) is 0 Å². The van der Waals surface area contributed by atoms with E-state index in [1.54, 1.807) is 0 Å². The number of rotatable bonds is 9. The number of carboxylic acids is 1. The van der Waals surface area contributed by atoms with E-state index < -0.39 is 5.97 Å². The molecule has 1 N–H and O–H groups in total. The van der Waals surface area contributed by atoms with E-state index >= 15 is 0 Å². The maximum absolute atomic E-state index is 11.4. The SMILES string of the molecule is CCCCCCCCOC1CCCCCCC1C(=O)O. The molecule has 1 aliphatic rings. The summed E-state index contributed by atoms with van der Waals surface area (Å²) in [5.41, 5.74) is 0. The van der Waals surface area contributed by atoms with Gasteiger partial charge in [-0.05, 0) is 19.3 Å². The smallest absolute Gasteiger partial charge is 0.309 e. The van der Waals surface area contributed by atoms with Gasteiger partial charge in [-0.3, -0.25) is 4.79 Å². The van der Waals surface area contributed by atoms with Crippen LogP contribution in [0.2, 0.25) is 0 Å². The highest BCUT2D eigenvalue weighted by Gasteiger charge is 2.29. The molecule has 2 unspecified atom stereocenters. The summed E-state index contributed by atoms with van der Waals surface area (Å²) in [5.74, 6) is -0.949. The van der Waals surface area contributed by atoms with Crippen LogP contribution in [0.4, 0.5) is 0 Å². The van der Waals surface area contributed by atoms with E-state index in [4.69, 9.17) is 4.74 Å². The van der Waals surface area contributed by atoms with Crippen LogP contribution in [0.5, 0.6) is 0 Å². The quantitative estimate of drug-likeness (QED) is 0.619. The van der Waals surface area contributed by atoms with Crippen LogP contribution in [-0.4, -0.2) is 23.8 Å². The van der Waals surface area contributed by atoms with Crippen LogP contribution in [0.1, 0.15) is 84.0 Å². The molecule has 118 valence electrons. The van der Waals surface area contributed by atoms with Crippen LogP contribution in [-0.2, 0) is 9.53 Å². The minimum Gasteiger partial charge on any atom is -0.481 e. The molecule has 0 spiro atoms. The second-order valence-corrected chi connectivity index (χ2v) is 6.11. The molecule has 0 heterocycles. The van der Waals surface area contributed by atoms with E-state index in [-0.39, 0.29) is 12.0 Å². The number of aliphatic carboxylic acids is 1. The Balaban J connectivity index is 2.21. The Kier molecular flexibility index (Phi) is 9.73. The summed E-state index contributed by atoms with van der Waals surface area (Å²) in [6.45, 7) is 2.96. The van der Waals surface area contributed by atoms with Gasteiger partial charge in [0.25, 0.3) is 0 Å². The van der Waals surface area contributed by atoms with Gasteiger partial charge in [-0.1, -0.05) is 64.7 Å². The topological polar surface area (TPSA) is 46.5 Å². The molecule has 0 aromatic rings. The van der Waals surface area contributed by atoms with E-state index in [9.17, 15) is 9.90 Å². The molecule has 0 aromatic heterocycles. The highest BCUT2D eigenvalue weighted by Crippen LogP contribution is 2.25. The molecule has 0 amide bonds. The van der Waals surface area contributed by atoms with Crippen LogP contribution < -0.4 is 0 Å². The Morgan fingerprint density at radius 3 is 2.35 bits per heavy atom. The first-order valence-electron chi connectivity index (χ1n) is 8.60. The molecule has 1 saturated carbocycles. The molecule has 3 heteroatoms. The van der Waals surface area contributed by atoms with Crippen molar-refractivity contribution in [2.45, 2.75) is 90.1 Å². The lowest BCUT2D eigenvalue weighted by atomic mass is 9.88. The first kappa shape index (κ1) is 17.5. The van der Waals surface area contributed by atoms with Gasteiger partial charge in [-0.25, -0.2) is 0 Å². The lowest BCUT2D eigenvalue weighted by Gasteiger charge is -2.26. The van der Waals surface area contributed by atoms with E-state index in [1.807, 2.05) is 0 Å². The van der Waals surface area contributed by atoms with Crippen molar-refractivity contribution >= 4 is 5.97 Å². The summed E-state index contributed by atoms with van der Waals surface area (Å²) in [6, 6.07) is 0. The van der Waals surface area contributed by atoms with Crippen molar-refractivity contribution in [2.75, 3.05) is 6.61 Å². The fourth-order valence-corrected chi connectivity index (χ4v) is 3.05. The van der Waals surface area contributed by atoms with E-state index in [0.29, 0.717) is 0 Å². The highest BCUT2D eigenvalue weighted by molar-refractivity contribution is 5.70. The van der Waals surface area contributed by atoms with Crippen molar-refractivity contribution in [3.63, 3.8) is 0 Å². The van der Waals surface area contributed by atoms with Crippen LogP contribution in [0, 0.1) is 5.92 Å². The first-order chi connectivity index (χ1) is 9.75.